The topological polar surface area (TPSA) is 85.2 Å². The SMILES string of the molecule is CN1CC(CNC(=O)C2=NN(CCO)C(=O)CC2)Cc2ccccc21. The van der Waals surface area contributed by atoms with Gasteiger partial charge in [0.25, 0.3) is 5.91 Å². The summed E-state index contributed by atoms with van der Waals surface area (Å²) in [5.41, 5.74) is 2.91. The lowest BCUT2D eigenvalue weighted by Crippen LogP contribution is -2.43. The summed E-state index contributed by atoms with van der Waals surface area (Å²) in [6.07, 6.45) is 1.54. The number of benzene rings is 1. The Kier molecular flexibility index (Phi) is 5.33. The molecule has 2 heterocycles. The van der Waals surface area contributed by atoms with Crippen LogP contribution in [0, 0.1) is 5.92 Å². The number of β-amino-alcohol motifs (C(OH)–C–C–N with tert-alkyl or cyclic N) is 1. The van der Waals surface area contributed by atoms with E-state index in [9.17, 15) is 9.59 Å². The first-order valence-corrected chi connectivity index (χ1v) is 8.64. The van der Waals surface area contributed by atoms with E-state index in [1.807, 2.05) is 12.1 Å². The van der Waals surface area contributed by atoms with Gasteiger partial charge >= 0.3 is 0 Å². The van der Waals surface area contributed by atoms with E-state index in [-0.39, 0.29) is 31.4 Å². The highest BCUT2D eigenvalue weighted by atomic mass is 16.3. The monoisotopic (exact) mass is 344 g/mol. The van der Waals surface area contributed by atoms with E-state index in [1.165, 1.54) is 16.3 Å². The lowest BCUT2D eigenvalue weighted by Gasteiger charge is -2.33. The lowest BCUT2D eigenvalue weighted by atomic mass is 9.92. The van der Waals surface area contributed by atoms with Crippen LogP contribution < -0.4 is 10.2 Å². The molecule has 0 saturated heterocycles. The Morgan fingerprint density at radius 3 is 2.96 bits per heavy atom. The first-order valence-electron chi connectivity index (χ1n) is 8.64. The summed E-state index contributed by atoms with van der Waals surface area (Å²) in [6, 6.07) is 8.33. The van der Waals surface area contributed by atoms with Gasteiger partial charge in [0.15, 0.2) is 0 Å². The van der Waals surface area contributed by atoms with Crippen LogP contribution in [-0.4, -0.2) is 60.9 Å². The molecule has 0 radical (unpaired) electrons. The molecule has 2 amide bonds. The van der Waals surface area contributed by atoms with Crippen LogP contribution in [-0.2, 0) is 16.0 Å². The smallest absolute Gasteiger partial charge is 0.267 e. The maximum absolute atomic E-state index is 12.4. The van der Waals surface area contributed by atoms with E-state index in [0.717, 1.165) is 13.0 Å². The zero-order valence-corrected chi connectivity index (χ0v) is 14.4. The van der Waals surface area contributed by atoms with E-state index in [2.05, 4.69) is 34.5 Å². The van der Waals surface area contributed by atoms with Gasteiger partial charge < -0.3 is 15.3 Å². The number of carbonyl (C=O) groups excluding carboxylic acids is 2. The molecule has 0 aromatic heterocycles. The molecule has 1 aromatic rings. The first-order chi connectivity index (χ1) is 12.1. The van der Waals surface area contributed by atoms with Gasteiger partial charge in [-0.15, -0.1) is 0 Å². The molecule has 25 heavy (non-hydrogen) atoms. The van der Waals surface area contributed by atoms with Crippen LogP contribution in [0.2, 0.25) is 0 Å². The lowest BCUT2D eigenvalue weighted by molar-refractivity contribution is -0.132. The van der Waals surface area contributed by atoms with Crippen molar-refractivity contribution in [2.75, 3.05) is 38.2 Å². The molecule has 3 rings (SSSR count). The minimum absolute atomic E-state index is 0.125. The minimum atomic E-state index is -0.225. The summed E-state index contributed by atoms with van der Waals surface area (Å²) in [5.74, 6) is -0.0451. The van der Waals surface area contributed by atoms with Crippen molar-refractivity contribution in [3.8, 4) is 0 Å². The Morgan fingerprint density at radius 1 is 1.36 bits per heavy atom. The number of nitrogens with zero attached hydrogens (tertiary/aromatic N) is 3. The number of fused-ring (bicyclic) bond motifs is 1. The molecule has 0 fully saturated rings. The molecule has 2 aliphatic rings. The summed E-state index contributed by atoms with van der Waals surface area (Å²) in [4.78, 5) is 26.3. The number of hydrogen-bond donors (Lipinski definition) is 2. The molecule has 134 valence electrons. The molecule has 0 aliphatic carbocycles. The zero-order valence-electron chi connectivity index (χ0n) is 14.4. The second-order valence-corrected chi connectivity index (χ2v) is 6.58. The summed E-state index contributed by atoms with van der Waals surface area (Å²) in [7, 11) is 2.07. The predicted octanol–water partition coefficient (Wildman–Crippen LogP) is 0.382. The standard InChI is InChI=1S/C18H24N4O3/c1-21-12-13(10-14-4-2-3-5-16(14)21)11-19-18(25)15-6-7-17(24)22(20-15)8-9-23/h2-5,13,23H,6-12H2,1H3,(H,19,25). The number of hydrazone groups is 1. The van der Waals surface area contributed by atoms with E-state index in [1.54, 1.807) is 0 Å². The quantitative estimate of drug-likeness (QED) is 0.809. The van der Waals surface area contributed by atoms with Crippen LogP contribution in [0.5, 0.6) is 0 Å². The average Bonchev–Trinajstić information content (AvgIpc) is 2.62. The second kappa shape index (κ2) is 7.65. The molecule has 0 saturated carbocycles. The van der Waals surface area contributed by atoms with Gasteiger partial charge in [0.2, 0.25) is 5.91 Å². The van der Waals surface area contributed by atoms with Crippen LogP contribution in [0.15, 0.2) is 29.4 Å². The van der Waals surface area contributed by atoms with Gasteiger partial charge in [0.05, 0.1) is 13.2 Å². The molecule has 2 aliphatic heterocycles. The number of rotatable bonds is 5. The summed E-state index contributed by atoms with van der Waals surface area (Å²) >= 11 is 0. The van der Waals surface area contributed by atoms with Crippen LogP contribution >= 0.6 is 0 Å². The van der Waals surface area contributed by atoms with Gasteiger partial charge in [0.1, 0.15) is 5.71 Å². The highest BCUT2D eigenvalue weighted by Gasteiger charge is 2.26. The summed E-state index contributed by atoms with van der Waals surface area (Å²) in [6.45, 7) is 1.42. The number of aliphatic hydroxyl groups is 1. The first kappa shape index (κ1) is 17.4. The molecule has 0 bridgehead atoms. The molecular formula is C18H24N4O3. The number of para-hydroxylation sites is 1. The van der Waals surface area contributed by atoms with Gasteiger partial charge in [-0.3, -0.25) is 9.59 Å². The highest BCUT2D eigenvalue weighted by molar-refractivity contribution is 6.39. The van der Waals surface area contributed by atoms with Crippen molar-refractivity contribution in [2.24, 2.45) is 11.0 Å². The predicted molar refractivity (Wildman–Crippen MR) is 95.4 cm³/mol. The maximum Gasteiger partial charge on any atom is 0.267 e. The van der Waals surface area contributed by atoms with Gasteiger partial charge in [0, 0.05) is 38.7 Å². The number of nitrogens with one attached hydrogen (secondary N) is 1. The van der Waals surface area contributed by atoms with Crippen molar-refractivity contribution in [2.45, 2.75) is 19.3 Å². The largest absolute Gasteiger partial charge is 0.394 e. The van der Waals surface area contributed by atoms with E-state index in [4.69, 9.17) is 5.11 Å². The van der Waals surface area contributed by atoms with Crippen molar-refractivity contribution in [3.63, 3.8) is 0 Å². The number of aliphatic hydroxyl groups excluding tert-OH is 1. The summed E-state index contributed by atoms with van der Waals surface area (Å²) < 4.78 is 0. The van der Waals surface area contributed by atoms with E-state index in [0.29, 0.717) is 24.6 Å². The fourth-order valence-electron chi connectivity index (χ4n) is 3.43. The molecule has 7 heteroatoms. The molecule has 1 atom stereocenters. The molecule has 7 nitrogen and oxygen atoms in total. The Bertz CT molecular complexity index is 689. The fraction of sp³-hybridized carbons (Fsp3) is 0.500. The van der Waals surface area contributed by atoms with Gasteiger partial charge in [-0.1, -0.05) is 18.2 Å². The summed E-state index contributed by atoms with van der Waals surface area (Å²) in [5, 5.41) is 17.2. The number of hydrogen-bond acceptors (Lipinski definition) is 5. The third kappa shape index (κ3) is 3.99. The van der Waals surface area contributed by atoms with Crippen LogP contribution in [0.1, 0.15) is 18.4 Å². The average molecular weight is 344 g/mol. The molecule has 2 N–H and O–H groups in total. The van der Waals surface area contributed by atoms with Crippen molar-refractivity contribution in [3.05, 3.63) is 29.8 Å². The third-order valence-corrected chi connectivity index (χ3v) is 4.67. The normalized spacial score (nSPS) is 20.2. The van der Waals surface area contributed by atoms with Gasteiger partial charge in [-0.2, -0.15) is 5.10 Å². The fourth-order valence-corrected chi connectivity index (χ4v) is 3.43. The van der Waals surface area contributed by atoms with Crippen molar-refractivity contribution < 1.29 is 14.7 Å². The Labute approximate surface area is 147 Å². The maximum atomic E-state index is 12.4. The number of amides is 2. The third-order valence-electron chi connectivity index (χ3n) is 4.67. The van der Waals surface area contributed by atoms with E-state index >= 15 is 0 Å². The molecule has 0 spiro atoms. The zero-order chi connectivity index (χ0) is 17.8. The molecular weight excluding hydrogens is 320 g/mol. The van der Waals surface area contributed by atoms with Crippen molar-refractivity contribution in [1.29, 1.82) is 0 Å². The number of anilines is 1. The van der Waals surface area contributed by atoms with Crippen molar-refractivity contribution in [1.82, 2.24) is 10.3 Å². The minimum Gasteiger partial charge on any atom is -0.394 e. The Hall–Kier alpha value is -2.41. The van der Waals surface area contributed by atoms with Crippen LogP contribution in [0.4, 0.5) is 5.69 Å². The molecule has 1 aromatic carbocycles. The van der Waals surface area contributed by atoms with Crippen molar-refractivity contribution >= 4 is 23.2 Å². The van der Waals surface area contributed by atoms with Crippen LogP contribution in [0.3, 0.4) is 0 Å². The second-order valence-electron chi connectivity index (χ2n) is 6.58. The molecule has 1 unspecified atom stereocenters. The van der Waals surface area contributed by atoms with Gasteiger partial charge in [-0.05, 0) is 24.0 Å². The Morgan fingerprint density at radius 2 is 2.16 bits per heavy atom. The Balaban J connectivity index is 1.58. The highest BCUT2D eigenvalue weighted by Crippen LogP contribution is 2.27. The van der Waals surface area contributed by atoms with E-state index < -0.39 is 0 Å². The van der Waals surface area contributed by atoms with Gasteiger partial charge in [-0.25, -0.2) is 5.01 Å². The van der Waals surface area contributed by atoms with Crippen LogP contribution in [0.25, 0.3) is 0 Å². The number of carbonyl (C=O) groups is 2.